The fourth-order valence-electron chi connectivity index (χ4n) is 3.60. The van der Waals surface area contributed by atoms with Gasteiger partial charge in [-0.05, 0) is 48.6 Å². The molecule has 9 nitrogen and oxygen atoms in total. The minimum Gasteiger partial charge on any atom is -0.368 e. The number of thiocarbonyl (C=S) groups is 1. The van der Waals surface area contributed by atoms with Crippen LogP contribution in [0.4, 0.5) is 21.5 Å². The molecule has 0 spiro atoms. The summed E-state index contributed by atoms with van der Waals surface area (Å²) >= 11 is 5.14. The van der Waals surface area contributed by atoms with Crippen molar-refractivity contribution < 1.29 is 18.9 Å². The predicted octanol–water partition coefficient (Wildman–Crippen LogP) is 1.97. The molecule has 164 valence electrons. The summed E-state index contributed by atoms with van der Waals surface area (Å²) in [5, 5.41) is 16.9. The van der Waals surface area contributed by atoms with Crippen LogP contribution in [0.25, 0.3) is 6.08 Å². The van der Waals surface area contributed by atoms with Crippen molar-refractivity contribution in [1.29, 1.82) is 0 Å². The minimum atomic E-state index is -0.712. The Morgan fingerprint density at radius 1 is 1.09 bits per heavy atom. The van der Waals surface area contributed by atoms with Crippen LogP contribution in [0.3, 0.4) is 0 Å². The number of halogens is 1. The maximum Gasteiger partial charge on any atom is 0.270 e. The van der Waals surface area contributed by atoms with Crippen molar-refractivity contribution in [3.63, 3.8) is 0 Å². The molecular formula is C21H18FN5O4S. The second-order valence-corrected chi connectivity index (χ2v) is 7.56. The first-order valence-corrected chi connectivity index (χ1v) is 10.2. The third kappa shape index (κ3) is 4.20. The van der Waals surface area contributed by atoms with Gasteiger partial charge in [-0.25, -0.2) is 4.39 Å². The van der Waals surface area contributed by atoms with E-state index in [9.17, 15) is 24.1 Å². The maximum absolute atomic E-state index is 13.3. The van der Waals surface area contributed by atoms with Crippen molar-refractivity contribution in [3.05, 3.63) is 69.5 Å². The SMILES string of the molecule is O=C1NC(=S)N(c2ccc(F)cc2)C(=O)/C1=C\c1cc([N+](=O)[O-])ccc1N1CCNCC1. The molecule has 32 heavy (non-hydrogen) atoms. The lowest BCUT2D eigenvalue weighted by Gasteiger charge is -2.31. The number of nitro benzene ring substituents is 1. The van der Waals surface area contributed by atoms with Gasteiger partial charge < -0.3 is 10.2 Å². The number of nitro groups is 1. The Balaban J connectivity index is 1.78. The standard InChI is InChI=1S/C21H18FN5O4S/c22-14-1-3-15(4-2-14)26-20(29)17(19(28)24-21(26)32)12-13-11-16(27(30)31)5-6-18(13)25-9-7-23-8-10-25/h1-6,11-12,23H,7-10H2,(H,24,28,32)/b17-12-. The van der Waals surface area contributed by atoms with Crippen molar-refractivity contribution in [2.75, 3.05) is 36.0 Å². The Kier molecular flexibility index (Phi) is 5.93. The quantitative estimate of drug-likeness (QED) is 0.239. The Morgan fingerprint density at radius 3 is 2.44 bits per heavy atom. The lowest BCUT2D eigenvalue weighted by atomic mass is 10.0. The Bertz CT molecular complexity index is 1150. The molecule has 2 aromatic rings. The number of anilines is 2. The Morgan fingerprint density at radius 2 is 1.78 bits per heavy atom. The van der Waals surface area contributed by atoms with Gasteiger partial charge in [-0.3, -0.25) is 29.9 Å². The first kappa shape index (κ1) is 21.5. The summed E-state index contributed by atoms with van der Waals surface area (Å²) in [5.41, 5.74) is 0.928. The van der Waals surface area contributed by atoms with E-state index in [0.29, 0.717) is 24.3 Å². The molecule has 2 aliphatic rings. The van der Waals surface area contributed by atoms with Gasteiger partial charge in [0.15, 0.2) is 5.11 Å². The lowest BCUT2D eigenvalue weighted by Crippen LogP contribution is -2.54. The molecule has 0 atom stereocenters. The van der Waals surface area contributed by atoms with Crippen molar-refractivity contribution in [3.8, 4) is 0 Å². The molecule has 2 amide bonds. The largest absolute Gasteiger partial charge is 0.368 e. The molecule has 0 radical (unpaired) electrons. The number of carbonyl (C=O) groups is 2. The zero-order valence-corrected chi connectivity index (χ0v) is 17.5. The molecular weight excluding hydrogens is 437 g/mol. The van der Waals surface area contributed by atoms with Crippen LogP contribution in [-0.2, 0) is 9.59 Å². The normalized spacial score (nSPS) is 18.2. The zero-order valence-electron chi connectivity index (χ0n) is 16.7. The molecule has 2 N–H and O–H groups in total. The molecule has 2 aliphatic heterocycles. The average molecular weight is 455 g/mol. The second kappa shape index (κ2) is 8.81. The molecule has 2 fully saturated rings. The Hall–Kier alpha value is -3.70. The van der Waals surface area contributed by atoms with Crippen LogP contribution in [-0.4, -0.2) is 48.0 Å². The van der Waals surface area contributed by atoms with Crippen LogP contribution in [0, 0.1) is 15.9 Å². The maximum atomic E-state index is 13.3. The number of rotatable bonds is 4. The smallest absolute Gasteiger partial charge is 0.270 e. The molecule has 0 saturated carbocycles. The van der Waals surface area contributed by atoms with Crippen LogP contribution in [0.15, 0.2) is 48.0 Å². The van der Waals surface area contributed by atoms with Gasteiger partial charge in [0.05, 0.1) is 10.6 Å². The summed E-state index contributed by atoms with van der Waals surface area (Å²) < 4.78 is 13.3. The number of nitrogens with one attached hydrogen (secondary N) is 2. The van der Waals surface area contributed by atoms with Crippen LogP contribution in [0.2, 0.25) is 0 Å². The summed E-state index contributed by atoms with van der Waals surface area (Å²) in [5.74, 6) is -1.90. The summed E-state index contributed by atoms with van der Waals surface area (Å²) in [6.45, 7) is 2.80. The Labute approximate surface area is 187 Å². The number of hydrogen-bond acceptors (Lipinski definition) is 7. The molecule has 2 aromatic carbocycles. The number of carbonyl (C=O) groups excluding carboxylic acids is 2. The van der Waals surface area contributed by atoms with E-state index in [1.165, 1.54) is 42.5 Å². The first-order chi connectivity index (χ1) is 15.3. The number of nitrogens with zero attached hydrogens (tertiary/aromatic N) is 3. The van der Waals surface area contributed by atoms with Crippen LogP contribution in [0.1, 0.15) is 5.56 Å². The molecule has 0 aromatic heterocycles. The van der Waals surface area contributed by atoms with Crippen molar-refractivity contribution in [2.45, 2.75) is 0 Å². The molecule has 11 heteroatoms. The van der Waals surface area contributed by atoms with Gasteiger partial charge in [0.25, 0.3) is 17.5 Å². The highest BCUT2D eigenvalue weighted by molar-refractivity contribution is 7.80. The van der Waals surface area contributed by atoms with Crippen molar-refractivity contribution in [2.24, 2.45) is 0 Å². The topological polar surface area (TPSA) is 108 Å². The predicted molar refractivity (Wildman–Crippen MR) is 121 cm³/mol. The van der Waals surface area contributed by atoms with Crippen LogP contribution < -0.4 is 20.4 Å². The van der Waals surface area contributed by atoms with Gasteiger partial charge in [0.1, 0.15) is 11.4 Å². The molecule has 4 rings (SSSR count). The highest BCUT2D eigenvalue weighted by atomic mass is 32.1. The number of benzene rings is 2. The molecule has 2 saturated heterocycles. The lowest BCUT2D eigenvalue weighted by molar-refractivity contribution is -0.384. The summed E-state index contributed by atoms with van der Waals surface area (Å²) in [6, 6.07) is 9.43. The summed E-state index contributed by atoms with van der Waals surface area (Å²) in [7, 11) is 0. The van der Waals surface area contributed by atoms with E-state index < -0.39 is 22.6 Å². The first-order valence-electron chi connectivity index (χ1n) is 9.76. The number of amides is 2. The molecule has 0 bridgehead atoms. The minimum absolute atomic E-state index is 0.134. The highest BCUT2D eigenvalue weighted by Gasteiger charge is 2.35. The van der Waals surface area contributed by atoms with Crippen LogP contribution >= 0.6 is 12.2 Å². The zero-order chi connectivity index (χ0) is 22.8. The van der Waals surface area contributed by atoms with Crippen LogP contribution in [0.5, 0.6) is 0 Å². The fourth-order valence-corrected chi connectivity index (χ4v) is 3.88. The van der Waals surface area contributed by atoms with Gasteiger partial charge in [-0.2, -0.15) is 0 Å². The van der Waals surface area contributed by atoms with E-state index in [1.54, 1.807) is 6.07 Å². The summed E-state index contributed by atoms with van der Waals surface area (Å²) in [4.78, 5) is 39.7. The monoisotopic (exact) mass is 455 g/mol. The van der Waals surface area contributed by atoms with E-state index in [4.69, 9.17) is 12.2 Å². The number of non-ortho nitro benzene ring substituents is 1. The summed E-state index contributed by atoms with van der Waals surface area (Å²) in [6.07, 6.45) is 1.33. The molecule has 2 heterocycles. The third-order valence-corrected chi connectivity index (χ3v) is 5.45. The second-order valence-electron chi connectivity index (χ2n) is 7.17. The van der Waals surface area contributed by atoms with Gasteiger partial charge >= 0.3 is 0 Å². The van der Waals surface area contributed by atoms with Gasteiger partial charge in [-0.1, -0.05) is 0 Å². The molecule has 0 unspecified atom stereocenters. The van der Waals surface area contributed by atoms with E-state index in [1.807, 2.05) is 4.90 Å². The van der Waals surface area contributed by atoms with Crippen molar-refractivity contribution >= 4 is 52.3 Å². The van der Waals surface area contributed by atoms with E-state index >= 15 is 0 Å². The van der Waals surface area contributed by atoms with E-state index in [0.717, 1.165) is 18.0 Å². The van der Waals surface area contributed by atoms with E-state index in [2.05, 4.69) is 10.6 Å². The van der Waals surface area contributed by atoms with Gasteiger partial charge in [-0.15, -0.1) is 0 Å². The fraction of sp³-hybridized carbons (Fsp3) is 0.190. The average Bonchev–Trinajstić information content (AvgIpc) is 2.78. The van der Waals surface area contributed by atoms with Crippen molar-refractivity contribution in [1.82, 2.24) is 10.6 Å². The third-order valence-electron chi connectivity index (χ3n) is 5.17. The molecule has 0 aliphatic carbocycles. The highest BCUT2D eigenvalue weighted by Crippen LogP contribution is 2.30. The van der Waals surface area contributed by atoms with Gasteiger partial charge in [0, 0.05) is 49.6 Å². The van der Waals surface area contributed by atoms with E-state index in [-0.39, 0.29) is 22.1 Å². The number of hydrogen-bond donors (Lipinski definition) is 2. The number of piperazine rings is 1. The van der Waals surface area contributed by atoms with Gasteiger partial charge in [0.2, 0.25) is 0 Å².